The van der Waals surface area contributed by atoms with Crippen LogP contribution < -0.4 is 5.73 Å². The Bertz CT molecular complexity index is 1250. The first-order valence-corrected chi connectivity index (χ1v) is 19.0. The van der Waals surface area contributed by atoms with E-state index in [4.69, 9.17) is 48.6 Å². The summed E-state index contributed by atoms with van der Waals surface area (Å²) < 4.78 is 51.1. The van der Waals surface area contributed by atoms with Gasteiger partial charge in [-0.05, 0) is 67.7 Å². The predicted molar refractivity (Wildman–Crippen MR) is 186 cm³/mol. The Kier molecular flexibility index (Phi) is 12.3. The maximum atomic E-state index is 14.1. The van der Waals surface area contributed by atoms with Crippen molar-refractivity contribution in [2.45, 2.75) is 198 Å². The van der Waals surface area contributed by atoms with Gasteiger partial charge in [-0.1, -0.05) is 27.7 Å². The van der Waals surface area contributed by atoms with Crippen LogP contribution in [0.4, 0.5) is 0 Å². The Hall–Kier alpha value is -1.46. The van der Waals surface area contributed by atoms with Crippen LogP contribution in [-0.4, -0.2) is 130 Å². The number of nitrogens with two attached hydrogens (primary N) is 1. The van der Waals surface area contributed by atoms with Crippen LogP contribution >= 0.6 is 0 Å². The van der Waals surface area contributed by atoms with Gasteiger partial charge >= 0.3 is 5.97 Å². The number of hydrogen-bond acceptors (Lipinski definition) is 14. The molecule has 294 valence electrons. The van der Waals surface area contributed by atoms with Gasteiger partial charge in [-0.15, -0.1) is 0 Å². The second-order valence-corrected chi connectivity index (χ2v) is 16.3. The van der Waals surface area contributed by atoms with Gasteiger partial charge in [0, 0.05) is 24.3 Å². The number of carbonyl (C=O) groups excluding carboxylic acids is 1. The summed E-state index contributed by atoms with van der Waals surface area (Å²) >= 11 is 0. The van der Waals surface area contributed by atoms with Crippen molar-refractivity contribution < 1.29 is 58.0 Å². The van der Waals surface area contributed by atoms with Crippen LogP contribution in [0.15, 0.2) is 4.99 Å². The molecule has 5 unspecified atom stereocenters. The van der Waals surface area contributed by atoms with Gasteiger partial charge in [0.05, 0.1) is 36.9 Å². The molecule has 0 aromatic heterocycles. The first-order valence-electron chi connectivity index (χ1n) is 19.0. The van der Waals surface area contributed by atoms with Gasteiger partial charge < -0.3 is 58.9 Å². The van der Waals surface area contributed by atoms with Crippen molar-refractivity contribution in [2.75, 3.05) is 6.61 Å². The largest absolute Gasteiger partial charge is 0.475 e. The van der Waals surface area contributed by atoms with Crippen molar-refractivity contribution in [3.63, 3.8) is 0 Å². The molecular weight excluding hydrogens is 664 g/mol. The summed E-state index contributed by atoms with van der Waals surface area (Å²) in [4.78, 5) is 18.9. The Morgan fingerprint density at radius 3 is 2.25 bits per heavy atom. The fourth-order valence-corrected chi connectivity index (χ4v) is 8.58. The maximum Gasteiger partial charge on any atom is 0.311 e. The molecule has 0 aromatic carbocycles. The summed E-state index contributed by atoms with van der Waals surface area (Å²) in [5, 5.41) is 34.3. The third-order valence-electron chi connectivity index (χ3n) is 12.2. The van der Waals surface area contributed by atoms with Gasteiger partial charge in [0.25, 0.3) is 0 Å². The number of epoxide rings is 1. The van der Waals surface area contributed by atoms with E-state index in [0.717, 1.165) is 0 Å². The fraction of sp³-hybridized carbons (Fsp3) is 0.946. The van der Waals surface area contributed by atoms with E-state index in [-0.39, 0.29) is 30.7 Å². The van der Waals surface area contributed by atoms with Gasteiger partial charge in [-0.2, -0.15) is 0 Å². The van der Waals surface area contributed by atoms with Gasteiger partial charge in [0.2, 0.25) is 0 Å². The smallest absolute Gasteiger partial charge is 0.311 e. The molecule has 1 spiro atoms. The topological polar surface area (TPSA) is 193 Å². The first-order chi connectivity index (χ1) is 23.8. The van der Waals surface area contributed by atoms with Gasteiger partial charge in [0.1, 0.15) is 53.4 Å². The van der Waals surface area contributed by atoms with Crippen molar-refractivity contribution in [1.29, 1.82) is 0 Å². The molecule has 0 saturated carbocycles. The van der Waals surface area contributed by atoms with E-state index in [1.165, 1.54) is 6.92 Å². The molecule has 0 aliphatic carbocycles. The number of hydrogen-bond donors (Lipinski definition) is 4. The molecule has 4 saturated heterocycles. The second-order valence-electron chi connectivity index (χ2n) is 16.3. The van der Waals surface area contributed by atoms with Crippen molar-refractivity contribution in [1.82, 2.24) is 0 Å². The van der Waals surface area contributed by atoms with Crippen LogP contribution in [-0.2, 0) is 42.7 Å². The second kappa shape index (κ2) is 15.3. The van der Waals surface area contributed by atoms with Crippen LogP contribution in [0.3, 0.4) is 0 Å². The number of aliphatic hydroxyl groups is 3. The molecule has 0 amide bonds. The Labute approximate surface area is 303 Å². The third kappa shape index (κ3) is 7.74. The fourth-order valence-electron chi connectivity index (χ4n) is 8.58. The number of esters is 1. The molecule has 5 N–H and O–H groups in total. The number of carbonyl (C=O) groups is 1. The summed E-state index contributed by atoms with van der Waals surface area (Å²) in [7, 11) is 0. The molecule has 51 heavy (non-hydrogen) atoms. The molecule has 5 rings (SSSR count). The number of rotatable bonds is 7. The summed E-state index contributed by atoms with van der Waals surface area (Å²) in [6.45, 7) is 20.7. The van der Waals surface area contributed by atoms with Crippen molar-refractivity contribution in [3.8, 4) is 0 Å². The molecule has 14 nitrogen and oxygen atoms in total. The quantitative estimate of drug-likeness (QED) is 0.221. The lowest BCUT2D eigenvalue weighted by molar-refractivity contribution is -0.291. The SMILES string of the molecule is CC[C@@H](C)/C1=N\[C@H](C)[C@@H](O)[C@](C)(O)[C@@H](CC)OC(=O)[C@H](C)[C@@H](O[C@H]2C[C@]3(C)OC(C)C(O2)[C@@]32CO2)[C@H](C)[C@@H](O[C@@H]2OC(C)CC(N)[C@@H]2O)C(C)O1. The predicted octanol–water partition coefficient (Wildman–Crippen LogP) is 2.60. The zero-order valence-electron chi connectivity index (χ0n) is 32.3. The average molecular weight is 729 g/mol. The average Bonchev–Trinajstić information content (AvgIpc) is 3.86. The number of nitrogens with zero attached hydrogens (tertiary/aromatic N) is 1. The zero-order chi connectivity index (χ0) is 37.8. The molecule has 2 bridgehead atoms. The molecule has 5 heterocycles. The summed E-state index contributed by atoms with van der Waals surface area (Å²) in [6, 6.07) is -1.39. The van der Waals surface area contributed by atoms with Gasteiger partial charge in [-0.3, -0.25) is 4.79 Å². The van der Waals surface area contributed by atoms with Crippen molar-refractivity contribution in [2.24, 2.45) is 28.5 Å². The standard InChI is InChI=1S/C37H64N2O12/c1-12-17(3)32-39-21(7)30(41)36(11,43)25(13-2)47-33(42)20(6)28(48-26-15-35(10)37(16-44-37)31(49-26)23(9)51-35)19(5)29(22(8)46-32)50-34-27(40)24(38)14-18(4)45-34/h17-31,34,40-41,43H,12-16,38H2,1-11H3/b39-32+/t17-,18?,19+,20-,21-,22?,23?,24?,25-,26-,27+,28+,29-,30-,31?,34+,35+,36-,37+/m1/s1. The molecule has 14 heteroatoms. The molecule has 5 aliphatic heterocycles. The van der Waals surface area contributed by atoms with Crippen LogP contribution in [0.2, 0.25) is 0 Å². The van der Waals surface area contributed by atoms with Crippen LogP contribution in [0, 0.1) is 17.8 Å². The highest BCUT2D eigenvalue weighted by Crippen LogP contribution is 2.57. The molecule has 19 atom stereocenters. The maximum absolute atomic E-state index is 14.1. The van der Waals surface area contributed by atoms with E-state index in [2.05, 4.69) is 0 Å². The van der Waals surface area contributed by atoms with Gasteiger partial charge in [-0.25, -0.2) is 4.99 Å². The Balaban J connectivity index is 1.56. The first kappa shape index (κ1) is 40.7. The molecule has 5 aliphatic rings. The van der Waals surface area contributed by atoms with Crippen LogP contribution in [0.1, 0.15) is 102 Å². The summed E-state index contributed by atoms with van der Waals surface area (Å²) in [5.74, 6) is -1.93. The van der Waals surface area contributed by atoms with E-state index in [1.807, 2.05) is 48.5 Å². The lowest BCUT2D eigenvalue weighted by atomic mass is 9.81. The van der Waals surface area contributed by atoms with E-state index in [1.54, 1.807) is 20.8 Å². The lowest BCUT2D eigenvalue weighted by Crippen LogP contribution is -2.58. The molecule has 0 radical (unpaired) electrons. The van der Waals surface area contributed by atoms with Crippen molar-refractivity contribution >= 4 is 11.9 Å². The number of ether oxygens (including phenoxy) is 8. The number of aliphatic imine (C=N–C) groups is 1. The van der Waals surface area contributed by atoms with E-state index in [9.17, 15) is 20.1 Å². The minimum absolute atomic E-state index is 0.155. The summed E-state index contributed by atoms with van der Waals surface area (Å²) in [5.41, 5.74) is 3.27. The van der Waals surface area contributed by atoms with E-state index in [0.29, 0.717) is 31.8 Å². The van der Waals surface area contributed by atoms with Crippen LogP contribution in [0.5, 0.6) is 0 Å². The Morgan fingerprint density at radius 2 is 1.67 bits per heavy atom. The number of aliphatic hydroxyl groups excluding tert-OH is 2. The third-order valence-corrected chi connectivity index (χ3v) is 12.2. The highest BCUT2D eigenvalue weighted by molar-refractivity contribution is 5.79. The highest BCUT2D eigenvalue weighted by Gasteiger charge is 2.75. The van der Waals surface area contributed by atoms with E-state index >= 15 is 0 Å². The normalized spacial score (nSPS) is 52.6. The molecular formula is C37H64N2O12. The van der Waals surface area contributed by atoms with Crippen LogP contribution in [0.25, 0.3) is 0 Å². The van der Waals surface area contributed by atoms with Crippen molar-refractivity contribution in [3.05, 3.63) is 0 Å². The van der Waals surface area contributed by atoms with E-state index < -0.39 is 95.9 Å². The molecule has 0 aromatic rings. The Morgan fingerprint density at radius 1 is 1.00 bits per heavy atom. The monoisotopic (exact) mass is 728 g/mol. The minimum atomic E-state index is -1.84. The highest BCUT2D eigenvalue weighted by atomic mass is 16.7. The lowest BCUT2D eigenvalue weighted by Gasteiger charge is -2.45. The van der Waals surface area contributed by atoms with Gasteiger partial charge in [0.15, 0.2) is 18.5 Å². The number of cyclic esters (lactones) is 1. The molecule has 4 fully saturated rings. The zero-order valence-corrected chi connectivity index (χ0v) is 32.3. The minimum Gasteiger partial charge on any atom is -0.475 e. The summed E-state index contributed by atoms with van der Waals surface area (Å²) in [6.07, 6.45) is -7.03.